The summed E-state index contributed by atoms with van der Waals surface area (Å²) in [6.45, 7) is 2.31. The Labute approximate surface area is 147 Å². The zero-order chi connectivity index (χ0) is 14.5. The molecule has 6 nitrogen and oxygen atoms in total. The molecule has 1 heterocycles. The fraction of sp³-hybridized carbons (Fsp3) is 0.533. The van der Waals surface area contributed by atoms with Gasteiger partial charge in [0.25, 0.3) is 0 Å². The number of ether oxygens (including phenoxy) is 3. The summed E-state index contributed by atoms with van der Waals surface area (Å²) in [5, 5.41) is 6.67. The minimum Gasteiger partial charge on any atom is -0.454 e. The fourth-order valence-corrected chi connectivity index (χ4v) is 2.05. The van der Waals surface area contributed by atoms with Gasteiger partial charge in [-0.05, 0) is 30.5 Å². The summed E-state index contributed by atoms with van der Waals surface area (Å²) in [4.78, 5) is 4.61. The number of aliphatic imine (C=N–C) groups is 1. The second kappa shape index (κ2) is 8.42. The molecule has 1 saturated carbocycles. The lowest BCUT2D eigenvalue weighted by atomic mass is 10.2. The van der Waals surface area contributed by atoms with Crippen LogP contribution in [0.1, 0.15) is 18.4 Å². The van der Waals surface area contributed by atoms with E-state index >= 15 is 0 Å². The maximum atomic E-state index is 5.38. The molecule has 122 valence electrons. The van der Waals surface area contributed by atoms with Crippen molar-refractivity contribution in [2.24, 2.45) is 4.99 Å². The predicted octanol–water partition coefficient (Wildman–Crippen LogP) is 1.88. The van der Waals surface area contributed by atoms with Gasteiger partial charge in [-0.1, -0.05) is 6.07 Å². The Morgan fingerprint density at radius 2 is 2.14 bits per heavy atom. The number of methoxy groups -OCH3 is 1. The molecule has 3 rings (SSSR count). The number of rotatable bonds is 6. The molecule has 2 aliphatic rings. The largest absolute Gasteiger partial charge is 0.454 e. The molecule has 0 bridgehead atoms. The highest BCUT2D eigenvalue weighted by molar-refractivity contribution is 14.0. The third-order valence-corrected chi connectivity index (χ3v) is 3.37. The van der Waals surface area contributed by atoms with Crippen molar-refractivity contribution in [1.82, 2.24) is 10.6 Å². The summed E-state index contributed by atoms with van der Waals surface area (Å²) >= 11 is 0. The number of fused-ring (bicyclic) bond motifs is 1. The highest BCUT2D eigenvalue weighted by Crippen LogP contribution is 2.32. The molecule has 1 aromatic carbocycles. The van der Waals surface area contributed by atoms with Gasteiger partial charge in [0.2, 0.25) is 6.79 Å². The second-order valence-electron chi connectivity index (χ2n) is 5.19. The first-order valence-electron chi connectivity index (χ1n) is 7.27. The van der Waals surface area contributed by atoms with Gasteiger partial charge in [-0.15, -0.1) is 24.0 Å². The summed E-state index contributed by atoms with van der Waals surface area (Å²) in [5.41, 5.74) is 1.10. The summed E-state index contributed by atoms with van der Waals surface area (Å²) in [7, 11) is 1.69. The molecule has 7 heteroatoms. The molecule has 0 saturated heterocycles. The van der Waals surface area contributed by atoms with Crippen LogP contribution in [0.3, 0.4) is 0 Å². The lowest BCUT2D eigenvalue weighted by Crippen LogP contribution is -2.40. The maximum absolute atomic E-state index is 5.38. The van der Waals surface area contributed by atoms with Gasteiger partial charge in [-0.3, -0.25) is 0 Å². The van der Waals surface area contributed by atoms with Gasteiger partial charge in [-0.25, -0.2) is 4.99 Å². The Morgan fingerprint density at radius 3 is 2.91 bits per heavy atom. The van der Waals surface area contributed by atoms with Gasteiger partial charge in [0.1, 0.15) is 0 Å². The van der Waals surface area contributed by atoms with Crippen molar-refractivity contribution in [2.75, 3.05) is 27.1 Å². The van der Waals surface area contributed by atoms with E-state index in [0.717, 1.165) is 29.6 Å². The lowest BCUT2D eigenvalue weighted by Gasteiger charge is -2.11. The van der Waals surface area contributed by atoms with Crippen molar-refractivity contribution < 1.29 is 14.2 Å². The minimum absolute atomic E-state index is 0. The quantitative estimate of drug-likeness (QED) is 0.319. The van der Waals surface area contributed by atoms with E-state index in [4.69, 9.17) is 14.2 Å². The Morgan fingerprint density at radius 1 is 1.32 bits per heavy atom. The number of hydrogen-bond donors (Lipinski definition) is 2. The molecule has 0 aromatic heterocycles. The van der Waals surface area contributed by atoms with Crippen LogP contribution in [-0.4, -0.2) is 39.1 Å². The second-order valence-corrected chi connectivity index (χ2v) is 5.19. The van der Waals surface area contributed by atoms with E-state index in [9.17, 15) is 0 Å². The van der Waals surface area contributed by atoms with Crippen molar-refractivity contribution in [2.45, 2.75) is 25.4 Å². The average molecular weight is 419 g/mol. The first-order valence-corrected chi connectivity index (χ1v) is 7.27. The zero-order valence-electron chi connectivity index (χ0n) is 12.6. The highest BCUT2D eigenvalue weighted by Gasteiger charge is 2.22. The van der Waals surface area contributed by atoms with E-state index in [1.165, 1.54) is 12.8 Å². The maximum Gasteiger partial charge on any atom is 0.231 e. The van der Waals surface area contributed by atoms with Crippen LogP contribution in [0.25, 0.3) is 0 Å². The number of nitrogens with zero attached hydrogens (tertiary/aromatic N) is 1. The van der Waals surface area contributed by atoms with Gasteiger partial charge in [0.05, 0.1) is 13.2 Å². The van der Waals surface area contributed by atoms with Gasteiger partial charge in [-0.2, -0.15) is 0 Å². The van der Waals surface area contributed by atoms with Crippen LogP contribution in [0.15, 0.2) is 23.2 Å². The molecular weight excluding hydrogens is 397 g/mol. The van der Waals surface area contributed by atoms with Gasteiger partial charge in [0, 0.05) is 19.7 Å². The number of benzene rings is 1. The van der Waals surface area contributed by atoms with Gasteiger partial charge >= 0.3 is 0 Å². The molecule has 1 aliphatic carbocycles. The first kappa shape index (κ1) is 17.1. The topological polar surface area (TPSA) is 64.1 Å². The third kappa shape index (κ3) is 4.91. The van der Waals surface area contributed by atoms with Crippen LogP contribution in [-0.2, 0) is 11.3 Å². The molecular formula is C15H22IN3O3. The monoisotopic (exact) mass is 419 g/mol. The highest BCUT2D eigenvalue weighted by atomic mass is 127. The fourth-order valence-electron chi connectivity index (χ4n) is 2.05. The Hall–Kier alpha value is -1.22. The predicted molar refractivity (Wildman–Crippen MR) is 95.2 cm³/mol. The van der Waals surface area contributed by atoms with Crippen LogP contribution < -0.4 is 20.1 Å². The van der Waals surface area contributed by atoms with Gasteiger partial charge in [0.15, 0.2) is 17.5 Å². The van der Waals surface area contributed by atoms with Crippen LogP contribution in [0.4, 0.5) is 0 Å². The summed E-state index contributed by atoms with van der Waals surface area (Å²) in [6, 6.07) is 6.49. The van der Waals surface area contributed by atoms with E-state index < -0.39 is 0 Å². The normalized spacial score (nSPS) is 16.1. The third-order valence-electron chi connectivity index (χ3n) is 3.37. The smallest absolute Gasteiger partial charge is 0.231 e. The summed E-state index contributed by atoms with van der Waals surface area (Å²) < 4.78 is 15.7. The van der Waals surface area contributed by atoms with E-state index in [1.807, 2.05) is 18.2 Å². The summed E-state index contributed by atoms with van der Waals surface area (Å²) in [5.74, 6) is 2.44. The van der Waals surface area contributed by atoms with Crippen molar-refractivity contribution in [3.8, 4) is 11.5 Å². The number of halogens is 1. The Bertz CT molecular complexity index is 521. The van der Waals surface area contributed by atoms with Crippen molar-refractivity contribution in [1.29, 1.82) is 0 Å². The number of hydrogen-bond acceptors (Lipinski definition) is 4. The molecule has 0 unspecified atom stereocenters. The van der Waals surface area contributed by atoms with Crippen LogP contribution in [0.2, 0.25) is 0 Å². The minimum atomic E-state index is 0. The molecule has 0 amide bonds. The number of guanidine groups is 1. The van der Waals surface area contributed by atoms with Crippen molar-refractivity contribution in [3.05, 3.63) is 23.8 Å². The molecule has 2 N–H and O–H groups in total. The summed E-state index contributed by atoms with van der Waals surface area (Å²) in [6.07, 6.45) is 2.43. The SMILES string of the molecule is COCCNC(=NCc1ccc2c(c1)OCO2)NC1CC1.I. The molecule has 1 aromatic rings. The van der Waals surface area contributed by atoms with E-state index in [0.29, 0.717) is 26.0 Å². The van der Waals surface area contributed by atoms with Crippen molar-refractivity contribution in [3.63, 3.8) is 0 Å². The zero-order valence-corrected chi connectivity index (χ0v) is 15.0. The Kier molecular flexibility index (Phi) is 6.56. The first-order chi connectivity index (χ1) is 10.3. The molecule has 0 radical (unpaired) electrons. The van der Waals surface area contributed by atoms with E-state index in [2.05, 4.69) is 15.6 Å². The average Bonchev–Trinajstić information content (AvgIpc) is 3.19. The van der Waals surface area contributed by atoms with Crippen molar-refractivity contribution >= 4 is 29.9 Å². The van der Waals surface area contributed by atoms with E-state index in [1.54, 1.807) is 7.11 Å². The standard InChI is InChI=1S/C15H21N3O3.HI/c1-19-7-6-16-15(18-12-3-4-12)17-9-11-2-5-13-14(8-11)21-10-20-13;/h2,5,8,12H,3-4,6-7,9-10H2,1H3,(H2,16,17,18);1H. The van der Waals surface area contributed by atoms with Crippen LogP contribution >= 0.6 is 24.0 Å². The molecule has 0 atom stereocenters. The van der Waals surface area contributed by atoms with Gasteiger partial charge < -0.3 is 24.8 Å². The van der Waals surface area contributed by atoms with E-state index in [-0.39, 0.29) is 24.0 Å². The lowest BCUT2D eigenvalue weighted by molar-refractivity contribution is 0.174. The van der Waals surface area contributed by atoms with Crippen LogP contribution in [0.5, 0.6) is 11.5 Å². The molecule has 1 aliphatic heterocycles. The molecule has 22 heavy (non-hydrogen) atoms. The molecule has 0 spiro atoms. The Balaban J connectivity index is 0.00000176. The van der Waals surface area contributed by atoms with Crippen LogP contribution in [0, 0.1) is 0 Å². The number of nitrogens with one attached hydrogen (secondary N) is 2. The molecule has 1 fully saturated rings.